The van der Waals surface area contributed by atoms with Crippen LogP contribution in [0.3, 0.4) is 0 Å². The van der Waals surface area contributed by atoms with Gasteiger partial charge in [-0.3, -0.25) is 4.79 Å². The molecule has 0 aliphatic heterocycles. The zero-order valence-corrected chi connectivity index (χ0v) is 14.6. The number of nitrogens with one attached hydrogen (secondary N) is 2. The second-order valence-electron chi connectivity index (χ2n) is 5.02. The number of benzene rings is 2. The highest BCUT2D eigenvalue weighted by molar-refractivity contribution is 9.10. The highest BCUT2D eigenvalue weighted by atomic mass is 79.9. The number of hydrogen-bond acceptors (Lipinski definition) is 4. The Bertz CT molecular complexity index is 855. The summed E-state index contributed by atoms with van der Waals surface area (Å²) in [5, 5.41) is 23.5. The maximum Gasteiger partial charge on any atom is 0.335 e. The molecule has 0 aliphatic rings. The number of nitriles is 1. The van der Waals surface area contributed by atoms with Gasteiger partial charge in [-0.15, -0.1) is 0 Å². The minimum absolute atomic E-state index is 0.0497. The van der Waals surface area contributed by atoms with Crippen molar-refractivity contribution in [2.75, 3.05) is 5.32 Å². The van der Waals surface area contributed by atoms with Gasteiger partial charge in [0.25, 0.3) is 5.91 Å². The van der Waals surface area contributed by atoms with Crippen molar-refractivity contribution in [2.45, 2.75) is 6.54 Å². The molecule has 25 heavy (non-hydrogen) atoms. The van der Waals surface area contributed by atoms with Crippen LogP contribution < -0.4 is 10.6 Å². The third-order valence-corrected chi connectivity index (χ3v) is 3.73. The van der Waals surface area contributed by atoms with Crippen LogP contribution >= 0.6 is 15.9 Å². The molecule has 2 rings (SSSR count). The number of carbonyl (C=O) groups is 2. The molecule has 0 spiro atoms. The SMILES string of the molecule is N#C/C(=C/NCc1ccc(Br)cc1)C(=O)Nc1cccc(C(=O)O)c1. The van der Waals surface area contributed by atoms with Crippen molar-refractivity contribution in [2.24, 2.45) is 0 Å². The summed E-state index contributed by atoms with van der Waals surface area (Å²) >= 11 is 3.35. The van der Waals surface area contributed by atoms with Crippen molar-refractivity contribution in [3.05, 3.63) is 75.9 Å². The first-order valence-electron chi connectivity index (χ1n) is 7.22. The molecular weight excluding hydrogens is 386 g/mol. The Morgan fingerprint density at radius 3 is 2.56 bits per heavy atom. The van der Waals surface area contributed by atoms with E-state index in [0.29, 0.717) is 12.2 Å². The largest absolute Gasteiger partial charge is 0.478 e. The molecule has 0 saturated carbocycles. The Morgan fingerprint density at radius 1 is 1.20 bits per heavy atom. The minimum atomic E-state index is -1.09. The Kier molecular flexibility index (Phi) is 6.32. The summed E-state index contributed by atoms with van der Waals surface area (Å²) in [4.78, 5) is 23.1. The van der Waals surface area contributed by atoms with Crippen molar-refractivity contribution >= 4 is 33.5 Å². The Hall–Kier alpha value is -3.11. The second kappa shape index (κ2) is 8.66. The van der Waals surface area contributed by atoms with Gasteiger partial charge in [0.2, 0.25) is 0 Å². The first-order chi connectivity index (χ1) is 12.0. The number of carbonyl (C=O) groups excluding carboxylic acids is 1. The van der Waals surface area contributed by atoms with E-state index in [0.717, 1.165) is 10.0 Å². The average molecular weight is 400 g/mol. The first kappa shape index (κ1) is 18.2. The molecule has 0 saturated heterocycles. The van der Waals surface area contributed by atoms with E-state index in [1.54, 1.807) is 6.07 Å². The summed E-state index contributed by atoms with van der Waals surface area (Å²) in [6.45, 7) is 0.459. The summed E-state index contributed by atoms with van der Waals surface area (Å²) in [6.07, 6.45) is 1.33. The Labute approximate surface area is 152 Å². The van der Waals surface area contributed by atoms with Crippen LogP contribution in [0.1, 0.15) is 15.9 Å². The molecule has 0 fully saturated rings. The lowest BCUT2D eigenvalue weighted by molar-refractivity contribution is -0.112. The molecule has 0 unspecified atom stereocenters. The van der Waals surface area contributed by atoms with Crippen molar-refractivity contribution < 1.29 is 14.7 Å². The van der Waals surface area contributed by atoms with E-state index in [1.807, 2.05) is 30.3 Å². The van der Waals surface area contributed by atoms with Crippen LogP contribution in [0.25, 0.3) is 0 Å². The monoisotopic (exact) mass is 399 g/mol. The van der Waals surface area contributed by atoms with Crippen LogP contribution in [0.4, 0.5) is 5.69 Å². The highest BCUT2D eigenvalue weighted by Gasteiger charge is 2.10. The Balaban J connectivity index is 2.00. The molecule has 6 nitrogen and oxygen atoms in total. The van der Waals surface area contributed by atoms with Gasteiger partial charge in [-0.2, -0.15) is 5.26 Å². The molecule has 0 bridgehead atoms. The van der Waals surface area contributed by atoms with Crippen LogP contribution in [0.2, 0.25) is 0 Å². The van der Waals surface area contributed by atoms with Gasteiger partial charge in [0.1, 0.15) is 11.6 Å². The molecule has 3 N–H and O–H groups in total. The number of anilines is 1. The summed E-state index contributed by atoms with van der Waals surface area (Å²) < 4.78 is 0.965. The highest BCUT2D eigenvalue weighted by Crippen LogP contribution is 2.12. The van der Waals surface area contributed by atoms with Crippen LogP contribution in [-0.2, 0) is 11.3 Å². The quantitative estimate of drug-likeness (QED) is 0.510. The number of aromatic carboxylic acids is 1. The van der Waals surface area contributed by atoms with Crippen LogP contribution in [0.15, 0.2) is 64.8 Å². The molecule has 7 heteroatoms. The lowest BCUT2D eigenvalue weighted by Crippen LogP contribution is -2.17. The number of carboxylic acid groups (broad SMARTS) is 1. The zero-order valence-electron chi connectivity index (χ0n) is 13.0. The molecule has 0 radical (unpaired) electrons. The summed E-state index contributed by atoms with van der Waals surface area (Å²) in [5.41, 5.74) is 1.23. The topological polar surface area (TPSA) is 102 Å². The maximum atomic E-state index is 12.1. The fourth-order valence-electron chi connectivity index (χ4n) is 1.95. The number of hydrogen-bond donors (Lipinski definition) is 3. The number of halogens is 1. The minimum Gasteiger partial charge on any atom is -0.478 e. The second-order valence-corrected chi connectivity index (χ2v) is 5.93. The van der Waals surface area contributed by atoms with Crippen molar-refractivity contribution in [1.82, 2.24) is 5.32 Å². The van der Waals surface area contributed by atoms with Gasteiger partial charge in [0.15, 0.2) is 0 Å². The van der Waals surface area contributed by atoms with Gasteiger partial charge in [-0.25, -0.2) is 4.79 Å². The molecule has 2 aromatic rings. The summed E-state index contributed by atoms with van der Waals surface area (Å²) in [7, 11) is 0. The van der Waals surface area contributed by atoms with Gasteiger partial charge >= 0.3 is 5.97 Å². The zero-order chi connectivity index (χ0) is 18.2. The van der Waals surface area contributed by atoms with E-state index in [2.05, 4.69) is 26.6 Å². The van der Waals surface area contributed by atoms with Crippen LogP contribution in [0.5, 0.6) is 0 Å². The fourth-order valence-corrected chi connectivity index (χ4v) is 2.21. The number of amides is 1. The van der Waals surface area contributed by atoms with Crippen LogP contribution in [0, 0.1) is 11.3 Å². The Morgan fingerprint density at radius 2 is 1.92 bits per heavy atom. The third-order valence-electron chi connectivity index (χ3n) is 3.20. The standard InChI is InChI=1S/C18H14BrN3O3/c19-15-6-4-12(5-7-15)10-21-11-14(9-20)17(23)22-16-3-1-2-13(8-16)18(24)25/h1-8,11,21H,10H2,(H,22,23)(H,24,25)/b14-11-. The predicted octanol–water partition coefficient (Wildman–Crippen LogP) is 3.28. The summed E-state index contributed by atoms with van der Waals surface area (Å²) in [6, 6.07) is 15.2. The molecule has 0 heterocycles. The van der Waals surface area contributed by atoms with Crippen molar-refractivity contribution in [1.29, 1.82) is 5.26 Å². The molecule has 126 valence electrons. The molecule has 0 aliphatic carbocycles. The molecule has 2 aromatic carbocycles. The van der Waals surface area contributed by atoms with Gasteiger partial charge in [0.05, 0.1) is 5.56 Å². The maximum absolute atomic E-state index is 12.1. The van der Waals surface area contributed by atoms with Gasteiger partial charge in [-0.1, -0.05) is 34.1 Å². The van der Waals surface area contributed by atoms with E-state index in [-0.39, 0.29) is 11.1 Å². The normalized spacial score (nSPS) is 10.6. The number of carboxylic acids is 1. The number of nitrogens with zero attached hydrogens (tertiary/aromatic N) is 1. The third kappa shape index (κ3) is 5.48. The molecule has 1 amide bonds. The van der Waals surface area contributed by atoms with Crippen molar-refractivity contribution in [3.8, 4) is 6.07 Å². The molecular formula is C18H14BrN3O3. The van der Waals surface area contributed by atoms with E-state index in [4.69, 9.17) is 10.4 Å². The van der Waals surface area contributed by atoms with Gasteiger partial charge in [0, 0.05) is 22.9 Å². The first-order valence-corrected chi connectivity index (χ1v) is 8.01. The molecule has 0 aromatic heterocycles. The fraction of sp³-hybridized carbons (Fsp3) is 0.0556. The smallest absolute Gasteiger partial charge is 0.335 e. The van der Waals surface area contributed by atoms with E-state index < -0.39 is 11.9 Å². The summed E-state index contributed by atoms with van der Waals surface area (Å²) in [5.74, 6) is -1.71. The van der Waals surface area contributed by atoms with Gasteiger partial charge < -0.3 is 15.7 Å². The lowest BCUT2D eigenvalue weighted by atomic mass is 10.2. The van der Waals surface area contributed by atoms with E-state index >= 15 is 0 Å². The lowest BCUT2D eigenvalue weighted by Gasteiger charge is -2.06. The van der Waals surface area contributed by atoms with E-state index in [9.17, 15) is 9.59 Å². The number of rotatable bonds is 6. The average Bonchev–Trinajstić information content (AvgIpc) is 2.60. The van der Waals surface area contributed by atoms with E-state index in [1.165, 1.54) is 24.4 Å². The molecule has 0 atom stereocenters. The van der Waals surface area contributed by atoms with Crippen molar-refractivity contribution in [3.63, 3.8) is 0 Å². The van der Waals surface area contributed by atoms with Crippen LogP contribution in [-0.4, -0.2) is 17.0 Å². The van der Waals surface area contributed by atoms with Gasteiger partial charge in [-0.05, 0) is 35.9 Å². The predicted molar refractivity (Wildman–Crippen MR) is 96.7 cm³/mol.